The maximum absolute atomic E-state index is 13.2. The summed E-state index contributed by atoms with van der Waals surface area (Å²) in [5.41, 5.74) is 0. The lowest BCUT2D eigenvalue weighted by Crippen LogP contribution is -1.85. The van der Waals surface area contributed by atoms with E-state index in [-0.39, 0.29) is 4.90 Å². The lowest BCUT2D eigenvalue weighted by molar-refractivity contribution is 0.615. The first kappa shape index (κ1) is 9.15. The number of rotatable bonds is 1. The Morgan fingerprint density at radius 3 is 2.29 bits per heavy atom. The number of fused-ring (bicyclic) bond motifs is 1. The molecule has 0 spiro atoms. The maximum atomic E-state index is 13.2. The van der Waals surface area contributed by atoms with Crippen molar-refractivity contribution in [2.75, 3.05) is 0 Å². The van der Waals surface area contributed by atoms with Crippen LogP contribution < -0.4 is 0 Å². The zero-order chi connectivity index (χ0) is 10.1. The van der Waals surface area contributed by atoms with E-state index in [4.69, 9.17) is 0 Å². The van der Waals surface area contributed by atoms with Crippen molar-refractivity contribution in [3.05, 3.63) is 42.2 Å². The zero-order valence-corrected chi connectivity index (χ0v) is 8.00. The third-order valence-electron chi connectivity index (χ3n) is 2.04. The van der Waals surface area contributed by atoms with E-state index < -0.39 is 16.5 Å². The van der Waals surface area contributed by atoms with E-state index in [9.17, 15) is 12.8 Å². The normalized spacial score (nSPS) is 11.0. The molecule has 2 aromatic rings. The highest BCUT2D eigenvalue weighted by atomic mass is 32.2. The van der Waals surface area contributed by atoms with Crippen molar-refractivity contribution in [3.63, 3.8) is 0 Å². The van der Waals surface area contributed by atoms with Crippen LogP contribution in [0.2, 0.25) is 0 Å². The van der Waals surface area contributed by atoms with Crippen LogP contribution in [-0.2, 0) is 10.7 Å². The van der Waals surface area contributed by atoms with Crippen LogP contribution in [0.25, 0.3) is 10.8 Å². The molecule has 0 aromatic heterocycles. The second-order valence-electron chi connectivity index (χ2n) is 2.87. The van der Waals surface area contributed by atoms with E-state index in [2.05, 4.69) is 0 Å². The SMILES string of the molecule is O=[SH](=O)c1cccc2c(F)cccc12. The van der Waals surface area contributed by atoms with E-state index in [1.165, 1.54) is 24.3 Å². The molecule has 0 saturated carbocycles. The fraction of sp³-hybridized carbons (Fsp3) is 0. The van der Waals surface area contributed by atoms with Gasteiger partial charge in [0, 0.05) is 10.8 Å². The van der Waals surface area contributed by atoms with Crippen LogP contribution in [0.4, 0.5) is 4.39 Å². The minimum absolute atomic E-state index is 0.164. The summed E-state index contributed by atoms with van der Waals surface area (Å²) < 4.78 is 34.9. The fourth-order valence-corrected chi connectivity index (χ4v) is 2.01. The highest BCUT2D eigenvalue weighted by Crippen LogP contribution is 2.21. The van der Waals surface area contributed by atoms with Gasteiger partial charge in [-0.25, -0.2) is 12.8 Å². The summed E-state index contributed by atoms with van der Waals surface area (Å²) in [5, 5.41) is 0.771. The average molecular weight is 210 g/mol. The molecule has 0 fully saturated rings. The van der Waals surface area contributed by atoms with Crippen molar-refractivity contribution in [2.24, 2.45) is 0 Å². The van der Waals surface area contributed by atoms with Crippen molar-refractivity contribution < 1.29 is 12.8 Å². The Morgan fingerprint density at radius 1 is 0.929 bits per heavy atom. The Morgan fingerprint density at radius 2 is 1.57 bits per heavy atom. The molecule has 0 amide bonds. The topological polar surface area (TPSA) is 34.1 Å². The van der Waals surface area contributed by atoms with E-state index in [1.807, 2.05) is 0 Å². The zero-order valence-electron chi connectivity index (χ0n) is 7.11. The first-order valence-electron chi connectivity index (χ1n) is 4.02. The molecular formula is C10H7FO2S. The quantitative estimate of drug-likeness (QED) is 0.730. The number of benzene rings is 2. The third kappa shape index (κ3) is 1.37. The largest absolute Gasteiger partial charge is 0.227 e. The molecule has 0 atom stereocenters. The average Bonchev–Trinajstić information content (AvgIpc) is 2.17. The predicted molar refractivity (Wildman–Crippen MR) is 52.5 cm³/mol. The molecule has 0 N–H and O–H groups in total. The molecule has 72 valence electrons. The van der Waals surface area contributed by atoms with Gasteiger partial charge in [-0.3, -0.25) is 0 Å². The summed E-state index contributed by atoms with van der Waals surface area (Å²) in [7, 11) is -2.67. The summed E-state index contributed by atoms with van der Waals surface area (Å²) >= 11 is 0. The van der Waals surface area contributed by atoms with Crippen LogP contribution in [0.3, 0.4) is 0 Å². The number of hydrogen-bond donors (Lipinski definition) is 1. The molecule has 0 aliphatic rings. The van der Waals surface area contributed by atoms with E-state index >= 15 is 0 Å². The minimum Gasteiger partial charge on any atom is -0.227 e. The summed E-state index contributed by atoms with van der Waals surface area (Å²) in [4.78, 5) is 0.164. The van der Waals surface area contributed by atoms with Gasteiger partial charge in [0.05, 0.1) is 4.90 Å². The maximum Gasteiger partial charge on any atom is 0.168 e. The van der Waals surface area contributed by atoms with Gasteiger partial charge in [0.2, 0.25) is 0 Å². The van der Waals surface area contributed by atoms with Crippen LogP contribution in [0, 0.1) is 5.82 Å². The van der Waals surface area contributed by atoms with Crippen LogP contribution in [-0.4, -0.2) is 8.42 Å². The molecule has 0 unspecified atom stereocenters. The van der Waals surface area contributed by atoms with Crippen LogP contribution in [0.1, 0.15) is 0 Å². The Balaban J connectivity index is 2.95. The second kappa shape index (κ2) is 3.38. The first-order valence-corrected chi connectivity index (χ1v) is 5.19. The van der Waals surface area contributed by atoms with Crippen molar-refractivity contribution in [1.82, 2.24) is 0 Å². The van der Waals surface area contributed by atoms with Gasteiger partial charge in [-0.2, -0.15) is 0 Å². The number of halogens is 1. The van der Waals surface area contributed by atoms with Crippen molar-refractivity contribution >= 4 is 21.5 Å². The molecule has 0 heterocycles. The number of hydrogen-bond acceptors (Lipinski definition) is 2. The highest BCUT2D eigenvalue weighted by molar-refractivity contribution is 7.72. The van der Waals surface area contributed by atoms with Gasteiger partial charge in [0.1, 0.15) is 5.82 Å². The Kier molecular flexibility index (Phi) is 2.21. The standard InChI is InChI=1S/C10H7FO2S/c11-9-5-1-4-8-7(9)3-2-6-10(8)14(12)13/h1-6,14H. The molecule has 2 aromatic carbocycles. The summed E-state index contributed by atoms with van der Waals surface area (Å²) in [6.07, 6.45) is 0. The summed E-state index contributed by atoms with van der Waals surface area (Å²) in [6, 6.07) is 8.97. The molecule has 0 aliphatic heterocycles. The Labute approximate surface area is 81.9 Å². The van der Waals surface area contributed by atoms with E-state index in [0.717, 1.165) is 0 Å². The lowest BCUT2D eigenvalue weighted by atomic mass is 10.1. The summed E-state index contributed by atoms with van der Waals surface area (Å²) in [6.45, 7) is 0. The molecule has 2 rings (SSSR count). The van der Waals surface area contributed by atoms with Gasteiger partial charge in [0.15, 0.2) is 10.7 Å². The minimum atomic E-state index is -2.67. The van der Waals surface area contributed by atoms with Gasteiger partial charge >= 0.3 is 0 Å². The van der Waals surface area contributed by atoms with Gasteiger partial charge in [-0.15, -0.1) is 0 Å². The van der Waals surface area contributed by atoms with Crippen LogP contribution >= 0.6 is 0 Å². The third-order valence-corrected chi connectivity index (χ3v) is 2.83. The summed E-state index contributed by atoms with van der Waals surface area (Å²) in [5.74, 6) is -0.402. The molecule has 0 aliphatic carbocycles. The lowest BCUT2D eigenvalue weighted by Gasteiger charge is -2.00. The molecule has 2 nitrogen and oxygen atoms in total. The second-order valence-corrected chi connectivity index (χ2v) is 3.87. The van der Waals surface area contributed by atoms with E-state index in [0.29, 0.717) is 10.8 Å². The molecular weight excluding hydrogens is 203 g/mol. The Hall–Kier alpha value is -1.42. The van der Waals surface area contributed by atoms with Crippen molar-refractivity contribution in [3.8, 4) is 0 Å². The van der Waals surface area contributed by atoms with Crippen molar-refractivity contribution in [2.45, 2.75) is 4.90 Å². The monoisotopic (exact) mass is 210 g/mol. The highest BCUT2D eigenvalue weighted by Gasteiger charge is 2.05. The van der Waals surface area contributed by atoms with Crippen LogP contribution in [0.5, 0.6) is 0 Å². The van der Waals surface area contributed by atoms with Gasteiger partial charge in [0.25, 0.3) is 0 Å². The number of thiol groups is 1. The molecule has 0 radical (unpaired) electrons. The Bertz CT molecular complexity index is 553. The van der Waals surface area contributed by atoms with Gasteiger partial charge in [-0.1, -0.05) is 24.3 Å². The fourth-order valence-electron chi connectivity index (χ4n) is 1.41. The predicted octanol–water partition coefficient (Wildman–Crippen LogP) is 1.95. The molecule has 0 saturated heterocycles. The molecule has 0 bridgehead atoms. The molecule has 4 heteroatoms. The van der Waals surface area contributed by atoms with Gasteiger partial charge in [-0.05, 0) is 12.1 Å². The molecule has 14 heavy (non-hydrogen) atoms. The van der Waals surface area contributed by atoms with Crippen molar-refractivity contribution in [1.29, 1.82) is 0 Å². The van der Waals surface area contributed by atoms with Crippen LogP contribution in [0.15, 0.2) is 41.3 Å². The first-order chi connectivity index (χ1) is 6.70. The van der Waals surface area contributed by atoms with E-state index in [1.54, 1.807) is 12.1 Å². The van der Waals surface area contributed by atoms with Gasteiger partial charge < -0.3 is 0 Å². The smallest absolute Gasteiger partial charge is 0.168 e.